The van der Waals surface area contributed by atoms with Crippen LogP contribution in [0.5, 0.6) is 5.75 Å². The van der Waals surface area contributed by atoms with Gasteiger partial charge < -0.3 is 14.4 Å². The van der Waals surface area contributed by atoms with Crippen molar-refractivity contribution in [1.82, 2.24) is 4.57 Å². The minimum atomic E-state index is -4.92. The Balaban J connectivity index is 2.10. The van der Waals surface area contributed by atoms with E-state index in [0.29, 0.717) is 16.8 Å². The van der Waals surface area contributed by atoms with Crippen LogP contribution in [0.4, 0.5) is 26.3 Å². The van der Waals surface area contributed by atoms with Crippen LogP contribution >= 0.6 is 0 Å². The van der Waals surface area contributed by atoms with E-state index in [4.69, 9.17) is 0 Å². The highest BCUT2D eigenvalue weighted by molar-refractivity contribution is 5.90. The van der Waals surface area contributed by atoms with E-state index in [1.165, 1.54) is 18.2 Å². The molecule has 3 rings (SSSR count). The second-order valence-electron chi connectivity index (χ2n) is 6.65. The summed E-state index contributed by atoms with van der Waals surface area (Å²) in [6.45, 7) is 1.54. The van der Waals surface area contributed by atoms with Crippen LogP contribution in [0.1, 0.15) is 22.4 Å². The first-order valence-electron chi connectivity index (χ1n) is 8.60. The molecular formula is C20H15F6NO3. The molecule has 0 unspecified atom stereocenters. The van der Waals surface area contributed by atoms with Gasteiger partial charge in [0, 0.05) is 23.1 Å². The van der Waals surface area contributed by atoms with Gasteiger partial charge in [-0.15, -0.1) is 13.2 Å². The predicted molar refractivity (Wildman–Crippen MR) is 95.2 cm³/mol. The highest BCUT2D eigenvalue weighted by Crippen LogP contribution is 2.34. The number of fused-ring (bicyclic) bond motifs is 1. The molecule has 30 heavy (non-hydrogen) atoms. The lowest BCUT2D eigenvalue weighted by Crippen LogP contribution is -2.17. The van der Waals surface area contributed by atoms with Gasteiger partial charge in [-0.3, -0.25) is 4.79 Å². The molecule has 0 saturated carbocycles. The maximum atomic E-state index is 13.0. The fourth-order valence-corrected chi connectivity index (χ4v) is 3.33. The third-order valence-corrected chi connectivity index (χ3v) is 4.58. The second kappa shape index (κ2) is 7.58. The molecule has 10 heteroatoms. The molecule has 1 aromatic heterocycles. The number of carboxylic acid groups (broad SMARTS) is 1. The number of rotatable bonds is 5. The molecule has 0 aliphatic rings. The first kappa shape index (κ1) is 21.5. The monoisotopic (exact) mass is 431 g/mol. The normalized spacial score (nSPS) is 12.4. The molecule has 0 bridgehead atoms. The van der Waals surface area contributed by atoms with Crippen molar-refractivity contribution < 1.29 is 41.0 Å². The van der Waals surface area contributed by atoms with Crippen LogP contribution in [0.25, 0.3) is 10.9 Å². The molecule has 4 nitrogen and oxygen atoms in total. The maximum absolute atomic E-state index is 13.0. The van der Waals surface area contributed by atoms with E-state index in [0.717, 1.165) is 24.3 Å². The summed E-state index contributed by atoms with van der Waals surface area (Å²) in [7, 11) is 0. The zero-order chi connectivity index (χ0) is 22.3. The molecule has 1 N–H and O–H groups in total. The number of hydrogen-bond donors (Lipinski definition) is 1. The third kappa shape index (κ3) is 4.69. The van der Waals surface area contributed by atoms with E-state index < -0.39 is 36.2 Å². The minimum absolute atomic E-state index is 0.0225. The molecule has 0 radical (unpaired) electrons. The molecule has 1 heterocycles. The number of alkyl halides is 6. The number of nitrogens with zero attached hydrogens (tertiary/aromatic N) is 1. The van der Waals surface area contributed by atoms with Gasteiger partial charge in [-0.2, -0.15) is 13.2 Å². The van der Waals surface area contributed by atoms with E-state index in [1.54, 1.807) is 11.5 Å². The van der Waals surface area contributed by atoms with Crippen LogP contribution in [0.15, 0.2) is 42.5 Å². The number of carbonyl (C=O) groups is 1. The maximum Gasteiger partial charge on any atom is 0.573 e. The highest BCUT2D eigenvalue weighted by atomic mass is 19.4. The van der Waals surface area contributed by atoms with Crippen LogP contribution in [0.3, 0.4) is 0 Å². The van der Waals surface area contributed by atoms with Crippen molar-refractivity contribution in [1.29, 1.82) is 0 Å². The lowest BCUT2D eigenvalue weighted by atomic mass is 10.1. The number of aromatic nitrogens is 1. The molecule has 0 amide bonds. The van der Waals surface area contributed by atoms with Crippen molar-refractivity contribution in [2.75, 3.05) is 0 Å². The summed E-state index contributed by atoms with van der Waals surface area (Å²) in [5, 5.41) is 9.41. The molecule has 2 aromatic carbocycles. The number of aliphatic carboxylic acids is 1. The Hall–Kier alpha value is -3.17. The topological polar surface area (TPSA) is 51.5 Å². The zero-order valence-electron chi connectivity index (χ0n) is 15.4. The van der Waals surface area contributed by atoms with Gasteiger partial charge in [0.15, 0.2) is 0 Å². The number of carboxylic acids is 1. The van der Waals surface area contributed by atoms with Crippen molar-refractivity contribution in [2.24, 2.45) is 0 Å². The number of benzene rings is 2. The Kier molecular flexibility index (Phi) is 5.44. The predicted octanol–water partition coefficient (Wildman–Crippen LogP) is 5.54. The molecule has 160 valence electrons. The Bertz CT molecular complexity index is 1100. The molecule has 0 saturated heterocycles. The average molecular weight is 431 g/mol. The minimum Gasteiger partial charge on any atom is -0.481 e. The summed E-state index contributed by atoms with van der Waals surface area (Å²) in [6.07, 6.45) is -9.91. The number of ether oxygens (including phenoxy) is 1. The van der Waals surface area contributed by atoms with Crippen LogP contribution in [0, 0.1) is 6.92 Å². The molecule has 0 fully saturated rings. The van der Waals surface area contributed by atoms with Gasteiger partial charge in [0.1, 0.15) is 5.75 Å². The third-order valence-electron chi connectivity index (χ3n) is 4.58. The lowest BCUT2D eigenvalue weighted by Gasteiger charge is -2.12. The molecule has 3 aromatic rings. The van der Waals surface area contributed by atoms with Gasteiger partial charge >= 0.3 is 18.5 Å². The van der Waals surface area contributed by atoms with Gasteiger partial charge in [0.25, 0.3) is 0 Å². The van der Waals surface area contributed by atoms with Gasteiger partial charge in [-0.1, -0.05) is 12.1 Å². The smallest absolute Gasteiger partial charge is 0.481 e. The van der Waals surface area contributed by atoms with Crippen molar-refractivity contribution in [2.45, 2.75) is 32.4 Å². The van der Waals surface area contributed by atoms with Crippen LogP contribution in [-0.2, 0) is 23.9 Å². The van der Waals surface area contributed by atoms with Crippen LogP contribution in [0.2, 0.25) is 0 Å². The lowest BCUT2D eigenvalue weighted by molar-refractivity contribution is -0.274. The van der Waals surface area contributed by atoms with E-state index in [9.17, 15) is 36.2 Å². The Morgan fingerprint density at radius 3 is 2.37 bits per heavy atom. The number of halogens is 6. The molecule has 0 atom stereocenters. The van der Waals surface area contributed by atoms with Gasteiger partial charge in [0.05, 0.1) is 12.0 Å². The fourth-order valence-electron chi connectivity index (χ4n) is 3.33. The Morgan fingerprint density at radius 1 is 1.07 bits per heavy atom. The summed E-state index contributed by atoms with van der Waals surface area (Å²) in [5.41, 5.74) is 0.546. The van der Waals surface area contributed by atoms with Crippen molar-refractivity contribution in [3.63, 3.8) is 0 Å². The van der Waals surface area contributed by atoms with Crippen molar-refractivity contribution in [3.05, 3.63) is 64.8 Å². The molecule has 0 aliphatic heterocycles. The Morgan fingerprint density at radius 2 is 1.77 bits per heavy atom. The molecular weight excluding hydrogens is 416 g/mol. The summed E-state index contributed by atoms with van der Waals surface area (Å²) in [4.78, 5) is 11.3. The van der Waals surface area contributed by atoms with Gasteiger partial charge in [-0.25, -0.2) is 0 Å². The fraction of sp³-hybridized carbons (Fsp3) is 0.250. The zero-order valence-corrected chi connectivity index (χ0v) is 15.4. The molecule has 0 aliphatic carbocycles. The van der Waals surface area contributed by atoms with Crippen molar-refractivity contribution in [3.8, 4) is 5.75 Å². The largest absolute Gasteiger partial charge is 0.573 e. The van der Waals surface area contributed by atoms with E-state index in [-0.39, 0.29) is 17.5 Å². The summed E-state index contributed by atoms with van der Waals surface area (Å²) >= 11 is 0. The first-order chi connectivity index (χ1) is 13.8. The summed E-state index contributed by atoms with van der Waals surface area (Å²) < 4.78 is 82.1. The quantitative estimate of drug-likeness (QED) is 0.540. The standard InChI is InChI=1S/C20H15F6NO3/c1-11-15(9-18(28)29)16-8-14(30-20(24,25)26)5-6-17(16)27(11)10-12-3-2-4-13(7-12)19(21,22)23/h2-8H,9-10H2,1H3,(H,28,29). The first-order valence-corrected chi connectivity index (χ1v) is 8.60. The average Bonchev–Trinajstić information content (AvgIpc) is 2.85. The SMILES string of the molecule is Cc1c(CC(=O)O)c2cc(OC(F)(F)F)ccc2n1Cc1cccc(C(F)(F)F)c1. The summed E-state index contributed by atoms with van der Waals surface area (Å²) in [5.74, 6) is -1.71. The van der Waals surface area contributed by atoms with E-state index >= 15 is 0 Å². The van der Waals surface area contributed by atoms with Crippen molar-refractivity contribution >= 4 is 16.9 Å². The van der Waals surface area contributed by atoms with E-state index in [2.05, 4.69) is 4.74 Å². The highest BCUT2D eigenvalue weighted by Gasteiger charge is 2.32. The van der Waals surface area contributed by atoms with Gasteiger partial charge in [-0.05, 0) is 48.4 Å². The van der Waals surface area contributed by atoms with Gasteiger partial charge in [0.2, 0.25) is 0 Å². The van der Waals surface area contributed by atoms with Crippen LogP contribution in [-0.4, -0.2) is 22.0 Å². The second-order valence-corrected chi connectivity index (χ2v) is 6.65. The van der Waals surface area contributed by atoms with E-state index in [1.807, 2.05) is 0 Å². The van der Waals surface area contributed by atoms with Crippen LogP contribution < -0.4 is 4.74 Å². The number of hydrogen-bond acceptors (Lipinski definition) is 2. The Labute approximate surface area is 166 Å². The molecule has 0 spiro atoms. The summed E-state index contributed by atoms with van der Waals surface area (Å²) in [6, 6.07) is 8.12.